The number of carbonyl (C=O) groups is 2. The van der Waals surface area contributed by atoms with E-state index in [1.54, 1.807) is 18.4 Å². The summed E-state index contributed by atoms with van der Waals surface area (Å²) in [4.78, 5) is 25.3. The molecule has 22 heavy (non-hydrogen) atoms. The normalized spacial score (nSPS) is 23.7. The van der Waals surface area contributed by atoms with Gasteiger partial charge < -0.3 is 4.42 Å². The lowest BCUT2D eigenvalue weighted by atomic mass is 9.76. The fraction of sp³-hybridized carbons (Fsp3) is 0.368. The van der Waals surface area contributed by atoms with Crippen molar-refractivity contribution in [3.63, 3.8) is 0 Å². The van der Waals surface area contributed by atoms with Gasteiger partial charge in [0, 0.05) is 17.5 Å². The van der Waals surface area contributed by atoms with Gasteiger partial charge in [0.15, 0.2) is 5.78 Å². The number of benzene rings is 1. The number of rotatable bonds is 3. The summed E-state index contributed by atoms with van der Waals surface area (Å²) in [6, 6.07) is 9.10. The molecule has 0 aliphatic heterocycles. The van der Waals surface area contributed by atoms with E-state index in [1.165, 1.54) is 6.26 Å². The molecule has 1 heterocycles. The summed E-state index contributed by atoms with van der Waals surface area (Å²) in [5, 5.41) is 0. The first kappa shape index (κ1) is 14.8. The molecule has 1 aromatic heterocycles. The topological polar surface area (TPSA) is 47.3 Å². The molecule has 1 saturated carbocycles. The Morgan fingerprint density at radius 1 is 1.09 bits per heavy atom. The molecule has 0 bridgehead atoms. The summed E-state index contributed by atoms with van der Waals surface area (Å²) < 4.78 is 5.31. The van der Waals surface area contributed by atoms with E-state index >= 15 is 0 Å². The third-order valence-corrected chi connectivity index (χ3v) is 4.62. The molecule has 1 atom stereocenters. The quantitative estimate of drug-likeness (QED) is 0.799. The third kappa shape index (κ3) is 2.31. The first-order valence-corrected chi connectivity index (χ1v) is 7.53. The van der Waals surface area contributed by atoms with E-state index in [0.29, 0.717) is 17.5 Å². The second-order valence-corrected chi connectivity index (χ2v) is 7.17. The first-order valence-electron chi connectivity index (χ1n) is 7.53. The van der Waals surface area contributed by atoms with Crippen molar-refractivity contribution in [2.45, 2.75) is 39.0 Å². The standard InChI is InChI=1S/C19H20O3/c1-18(2)9-16(20)19(3,12-18)15-11-22-10-14(15)17(21)13-7-5-4-6-8-13/h4-8,10-11H,9,12H2,1-3H3. The van der Waals surface area contributed by atoms with E-state index < -0.39 is 5.41 Å². The van der Waals surface area contributed by atoms with E-state index in [9.17, 15) is 9.59 Å². The van der Waals surface area contributed by atoms with Crippen LogP contribution in [0.15, 0.2) is 47.3 Å². The highest BCUT2D eigenvalue weighted by molar-refractivity contribution is 6.11. The summed E-state index contributed by atoms with van der Waals surface area (Å²) in [7, 11) is 0. The lowest BCUT2D eigenvalue weighted by molar-refractivity contribution is -0.121. The average Bonchev–Trinajstić information content (AvgIpc) is 3.03. The maximum absolute atomic E-state index is 12.7. The molecule has 2 aromatic rings. The molecule has 1 aliphatic rings. The molecule has 3 rings (SSSR count). The monoisotopic (exact) mass is 296 g/mol. The summed E-state index contributed by atoms with van der Waals surface area (Å²) in [6.45, 7) is 6.11. The Bertz CT molecular complexity index is 724. The van der Waals surface area contributed by atoms with Crippen LogP contribution in [0.5, 0.6) is 0 Å². The second kappa shape index (κ2) is 4.94. The predicted molar refractivity (Wildman–Crippen MR) is 84.0 cm³/mol. The Hall–Kier alpha value is -2.16. The molecule has 0 N–H and O–H groups in total. The zero-order valence-corrected chi connectivity index (χ0v) is 13.2. The minimum Gasteiger partial charge on any atom is -0.472 e. The minimum atomic E-state index is -0.643. The molecule has 3 heteroatoms. The molecule has 0 spiro atoms. The van der Waals surface area contributed by atoms with E-state index in [4.69, 9.17) is 4.42 Å². The molecule has 1 fully saturated rings. The summed E-state index contributed by atoms with van der Waals surface area (Å²) in [6.07, 6.45) is 4.30. The highest BCUT2D eigenvalue weighted by Crippen LogP contribution is 2.49. The van der Waals surface area contributed by atoms with Gasteiger partial charge in [-0.1, -0.05) is 44.2 Å². The van der Waals surface area contributed by atoms with Crippen LogP contribution in [0.3, 0.4) is 0 Å². The van der Waals surface area contributed by atoms with Crippen molar-refractivity contribution in [1.29, 1.82) is 0 Å². The molecule has 114 valence electrons. The minimum absolute atomic E-state index is 0.0455. The number of Topliss-reactive ketones (excluding diaryl/α,β-unsaturated/α-hetero) is 1. The number of hydrogen-bond donors (Lipinski definition) is 0. The van der Waals surface area contributed by atoms with Crippen LogP contribution in [0, 0.1) is 5.41 Å². The van der Waals surface area contributed by atoms with Gasteiger partial charge in [-0.25, -0.2) is 0 Å². The van der Waals surface area contributed by atoms with Crippen molar-refractivity contribution in [2.24, 2.45) is 5.41 Å². The number of ketones is 2. The molecule has 1 aliphatic carbocycles. The van der Waals surface area contributed by atoms with Gasteiger partial charge in [-0.05, 0) is 18.8 Å². The summed E-state index contributed by atoms with van der Waals surface area (Å²) in [5.41, 5.74) is 1.14. The van der Waals surface area contributed by atoms with Gasteiger partial charge in [0.1, 0.15) is 12.0 Å². The van der Waals surface area contributed by atoms with Crippen molar-refractivity contribution < 1.29 is 14.0 Å². The van der Waals surface area contributed by atoms with Crippen molar-refractivity contribution >= 4 is 11.6 Å². The van der Waals surface area contributed by atoms with Crippen LogP contribution in [0.1, 0.15) is 55.1 Å². The number of hydrogen-bond acceptors (Lipinski definition) is 3. The van der Waals surface area contributed by atoms with Crippen molar-refractivity contribution in [2.75, 3.05) is 0 Å². The molecule has 1 unspecified atom stereocenters. The van der Waals surface area contributed by atoms with Gasteiger partial charge in [-0.2, -0.15) is 0 Å². The van der Waals surface area contributed by atoms with Crippen molar-refractivity contribution in [1.82, 2.24) is 0 Å². The molecule has 1 aromatic carbocycles. The largest absolute Gasteiger partial charge is 0.472 e. The Morgan fingerprint density at radius 3 is 2.36 bits per heavy atom. The third-order valence-electron chi connectivity index (χ3n) is 4.62. The van der Waals surface area contributed by atoms with E-state index in [-0.39, 0.29) is 17.0 Å². The Morgan fingerprint density at radius 2 is 1.77 bits per heavy atom. The molecule has 0 amide bonds. The lowest BCUT2D eigenvalue weighted by Crippen LogP contribution is -2.28. The van der Waals surface area contributed by atoms with Gasteiger partial charge in [-0.15, -0.1) is 0 Å². The van der Waals surface area contributed by atoms with Crippen LogP contribution in [0.2, 0.25) is 0 Å². The van der Waals surface area contributed by atoms with Gasteiger partial charge in [0.05, 0.1) is 17.2 Å². The second-order valence-electron chi connectivity index (χ2n) is 7.17. The average molecular weight is 296 g/mol. The fourth-order valence-electron chi connectivity index (χ4n) is 3.64. The highest BCUT2D eigenvalue weighted by atomic mass is 16.3. The fourth-order valence-corrected chi connectivity index (χ4v) is 3.64. The zero-order valence-electron chi connectivity index (χ0n) is 13.2. The van der Waals surface area contributed by atoms with Gasteiger partial charge in [0.25, 0.3) is 0 Å². The van der Waals surface area contributed by atoms with Crippen LogP contribution in [-0.4, -0.2) is 11.6 Å². The number of carbonyl (C=O) groups excluding carboxylic acids is 2. The predicted octanol–water partition coefficient (Wildman–Crippen LogP) is 4.16. The maximum atomic E-state index is 12.7. The Balaban J connectivity index is 2.03. The van der Waals surface area contributed by atoms with Crippen LogP contribution >= 0.6 is 0 Å². The SMILES string of the molecule is CC1(C)CC(=O)C(C)(c2cocc2C(=O)c2ccccc2)C1. The maximum Gasteiger partial charge on any atom is 0.196 e. The van der Waals surface area contributed by atoms with Gasteiger partial charge in [0.2, 0.25) is 0 Å². The van der Waals surface area contributed by atoms with Crippen LogP contribution in [-0.2, 0) is 10.2 Å². The Kier molecular flexibility index (Phi) is 3.32. The molecule has 0 saturated heterocycles. The molecular formula is C19H20O3. The van der Waals surface area contributed by atoms with E-state index in [1.807, 2.05) is 25.1 Å². The smallest absolute Gasteiger partial charge is 0.196 e. The molecule has 0 radical (unpaired) electrons. The van der Waals surface area contributed by atoms with Crippen molar-refractivity contribution in [3.8, 4) is 0 Å². The van der Waals surface area contributed by atoms with E-state index in [2.05, 4.69) is 13.8 Å². The lowest BCUT2D eigenvalue weighted by Gasteiger charge is -2.24. The first-order chi connectivity index (χ1) is 10.3. The summed E-state index contributed by atoms with van der Waals surface area (Å²) >= 11 is 0. The zero-order chi connectivity index (χ0) is 16.0. The highest BCUT2D eigenvalue weighted by Gasteiger charge is 2.49. The van der Waals surface area contributed by atoms with Gasteiger partial charge >= 0.3 is 0 Å². The molecular weight excluding hydrogens is 276 g/mol. The molecule has 3 nitrogen and oxygen atoms in total. The van der Waals surface area contributed by atoms with Crippen LogP contribution < -0.4 is 0 Å². The van der Waals surface area contributed by atoms with Crippen LogP contribution in [0.4, 0.5) is 0 Å². The number of furan rings is 1. The van der Waals surface area contributed by atoms with Crippen molar-refractivity contribution in [3.05, 3.63) is 59.5 Å². The van der Waals surface area contributed by atoms with Crippen LogP contribution in [0.25, 0.3) is 0 Å². The van der Waals surface area contributed by atoms with E-state index in [0.717, 1.165) is 12.0 Å². The van der Waals surface area contributed by atoms with Gasteiger partial charge in [-0.3, -0.25) is 9.59 Å². The summed E-state index contributed by atoms with van der Waals surface area (Å²) in [5.74, 6) is 0.0871. The Labute approximate surface area is 130 Å².